The fourth-order valence-electron chi connectivity index (χ4n) is 1.96. The van der Waals surface area contributed by atoms with Gasteiger partial charge in [-0.2, -0.15) is 0 Å². The Balaban J connectivity index is 2.20. The zero-order valence-corrected chi connectivity index (χ0v) is 13.5. The van der Waals surface area contributed by atoms with Crippen LogP contribution in [-0.4, -0.2) is 27.0 Å². The Morgan fingerprint density at radius 1 is 1.09 bits per heavy atom. The Bertz CT molecular complexity index is 758. The highest BCUT2D eigenvalue weighted by atomic mass is 32.2. The number of carbonyl (C=O) groups is 1. The Morgan fingerprint density at radius 3 is 2.22 bits per heavy atom. The predicted octanol–water partition coefficient (Wildman–Crippen LogP) is 1.73. The van der Waals surface area contributed by atoms with Crippen LogP contribution in [0.1, 0.15) is 15.9 Å². The van der Waals surface area contributed by atoms with Crippen LogP contribution in [0.4, 0.5) is 5.69 Å². The van der Waals surface area contributed by atoms with E-state index in [-0.39, 0.29) is 18.9 Å². The number of Topliss-reactive ketones (excluding diaryl/α,β-unsaturated/α-hetero) is 1. The Labute approximate surface area is 135 Å². The lowest BCUT2D eigenvalue weighted by Crippen LogP contribution is -2.30. The summed E-state index contributed by atoms with van der Waals surface area (Å²) in [7, 11) is -3.63. The highest BCUT2D eigenvalue weighted by Crippen LogP contribution is 2.20. The maximum Gasteiger partial charge on any atom is 0.254 e. The maximum atomic E-state index is 11.9. The van der Waals surface area contributed by atoms with Gasteiger partial charge in [0.05, 0.1) is 18.5 Å². The molecule has 23 heavy (non-hydrogen) atoms. The van der Waals surface area contributed by atoms with Crippen LogP contribution in [0.15, 0.2) is 54.6 Å². The van der Waals surface area contributed by atoms with E-state index in [4.69, 9.17) is 10.6 Å². The largest absolute Gasteiger partial charge is 0.324 e. The van der Waals surface area contributed by atoms with Crippen molar-refractivity contribution in [3.8, 4) is 0 Å². The summed E-state index contributed by atoms with van der Waals surface area (Å²) in [6.45, 7) is 0.0109. The Morgan fingerprint density at radius 2 is 1.70 bits per heavy atom. The van der Waals surface area contributed by atoms with Crippen LogP contribution >= 0.6 is 0 Å². The van der Waals surface area contributed by atoms with E-state index in [2.05, 4.69) is 0 Å². The molecule has 7 heteroatoms. The number of rotatable bonds is 7. The molecule has 0 aliphatic carbocycles. The van der Waals surface area contributed by atoms with E-state index < -0.39 is 10.0 Å². The molecule has 0 aromatic heterocycles. The second-order valence-corrected chi connectivity index (χ2v) is 6.72. The standard InChI is InChI=1S/C16H18N2O4S/c1-23(20,21)18(22-12-13-5-3-2-4-6-13)15-9-7-14(8-10-15)16(19)11-17/h2-10H,11-12,17H2,1H3. The molecular weight excluding hydrogens is 316 g/mol. The van der Waals surface area contributed by atoms with Gasteiger partial charge in [-0.3, -0.25) is 9.63 Å². The van der Waals surface area contributed by atoms with Gasteiger partial charge in [0.15, 0.2) is 5.78 Å². The van der Waals surface area contributed by atoms with Crippen LogP contribution in [0, 0.1) is 0 Å². The number of hydrogen-bond acceptors (Lipinski definition) is 5. The smallest absolute Gasteiger partial charge is 0.254 e. The molecule has 0 aliphatic heterocycles. The van der Waals surface area contributed by atoms with E-state index in [0.717, 1.165) is 16.3 Å². The first-order valence-corrected chi connectivity index (χ1v) is 8.77. The zero-order valence-electron chi connectivity index (χ0n) is 12.7. The summed E-state index contributed by atoms with van der Waals surface area (Å²) in [5, 5.41) is 0. The van der Waals surface area contributed by atoms with Gasteiger partial charge in [0.1, 0.15) is 6.61 Å². The predicted molar refractivity (Wildman–Crippen MR) is 88.4 cm³/mol. The first-order valence-electron chi connectivity index (χ1n) is 6.92. The molecule has 0 spiro atoms. The van der Waals surface area contributed by atoms with Crippen molar-refractivity contribution in [3.05, 3.63) is 65.7 Å². The van der Waals surface area contributed by atoms with Crippen LogP contribution in [0.3, 0.4) is 0 Å². The normalized spacial score (nSPS) is 11.2. The molecule has 2 N–H and O–H groups in total. The van der Waals surface area contributed by atoms with Crippen LogP contribution in [-0.2, 0) is 21.5 Å². The number of carbonyl (C=O) groups excluding carboxylic acids is 1. The number of sulfonamides is 1. The minimum Gasteiger partial charge on any atom is -0.324 e. The third kappa shape index (κ3) is 4.62. The molecule has 2 aromatic carbocycles. The molecule has 0 saturated heterocycles. The molecule has 0 amide bonds. The van der Waals surface area contributed by atoms with Gasteiger partial charge in [-0.15, -0.1) is 4.47 Å². The number of benzene rings is 2. The van der Waals surface area contributed by atoms with Crippen LogP contribution in [0.5, 0.6) is 0 Å². The van der Waals surface area contributed by atoms with E-state index in [1.54, 1.807) is 0 Å². The van der Waals surface area contributed by atoms with Crippen molar-refractivity contribution in [3.63, 3.8) is 0 Å². The van der Waals surface area contributed by atoms with Crippen LogP contribution in [0.2, 0.25) is 0 Å². The van der Waals surface area contributed by atoms with Gasteiger partial charge >= 0.3 is 0 Å². The molecule has 0 saturated carbocycles. The SMILES string of the molecule is CS(=O)(=O)N(OCc1ccccc1)c1ccc(C(=O)CN)cc1. The van der Waals surface area contributed by atoms with Crippen LogP contribution < -0.4 is 10.2 Å². The molecule has 2 rings (SSSR count). The van der Waals surface area contributed by atoms with Crippen molar-refractivity contribution >= 4 is 21.5 Å². The number of hydrogen-bond donors (Lipinski definition) is 1. The van der Waals surface area contributed by atoms with Gasteiger partial charge in [0.25, 0.3) is 10.0 Å². The van der Waals surface area contributed by atoms with Gasteiger partial charge in [-0.05, 0) is 29.8 Å². The number of ketones is 1. The van der Waals surface area contributed by atoms with E-state index in [1.807, 2.05) is 30.3 Å². The Hall–Kier alpha value is -2.22. The minimum atomic E-state index is -3.63. The van der Waals surface area contributed by atoms with Gasteiger partial charge in [-0.1, -0.05) is 30.3 Å². The number of nitrogens with two attached hydrogens (primary N) is 1. The molecule has 0 radical (unpaired) electrons. The summed E-state index contributed by atoms with van der Waals surface area (Å²) in [5.74, 6) is -0.215. The first-order chi connectivity index (χ1) is 10.9. The highest BCUT2D eigenvalue weighted by molar-refractivity contribution is 7.91. The lowest BCUT2D eigenvalue weighted by molar-refractivity contribution is 0.100. The summed E-state index contributed by atoms with van der Waals surface area (Å²) in [6, 6.07) is 15.3. The summed E-state index contributed by atoms with van der Waals surface area (Å²) in [4.78, 5) is 17.0. The second-order valence-electron chi connectivity index (χ2n) is 4.92. The molecule has 2 aromatic rings. The lowest BCUT2D eigenvalue weighted by atomic mass is 10.1. The molecule has 0 bridgehead atoms. The monoisotopic (exact) mass is 334 g/mol. The van der Waals surface area contributed by atoms with E-state index in [1.165, 1.54) is 24.3 Å². The topological polar surface area (TPSA) is 89.7 Å². The van der Waals surface area contributed by atoms with Crippen LogP contribution in [0.25, 0.3) is 0 Å². The van der Waals surface area contributed by atoms with Crippen molar-refractivity contribution in [2.75, 3.05) is 17.3 Å². The second kappa shape index (κ2) is 7.36. The van der Waals surface area contributed by atoms with Crippen molar-refractivity contribution in [1.29, 1.82) is 0 Å². The molecule has 0 heterocycles. The third-order valence-electron chi connectivity index (χ3n) is 3.08. The number of anilines is 1. The number of nitrogens with zero attached hydrogens (tertiary/aromatic N) is 1. The summed E-state index contributed by atoms with van der Waals surface area (Å²) in [6.07, 6.45) is 1.05. The van der Waals surface area contributed by atoms with E-state index >= 15 is 0 Å². The summed E-state index contributed by atoms with van der Waals surface area (Å²) >= 11 is 0. The molecular formula is C16H18N2O4S. The van der Waals surface area contributed by atoms with Crippen molar-refractivity contribution in [2.45, 2.75) is 6.61 Å². The van der Waals surface area contributed by atoms with Gasteiger partial charge in [0, 0.05) is 5.56 Å². The lowest BCUT2D eigenvalue weighted by Gasteiger charge is -2.21. The van der Waals surface area contributed by atoms with E-state index in [0.29, 0.717) is 11.3 Å². The van der Waals surface area contributed by atoms with Crippen molar-refractivity contribution in [2.24, 2.45) is 5.73 Å². The first kappa shape index (κ1) is 17.1. The molecule has 122 valence electrons. The molecule has 0 atom stereocenters. The molecule has 0 unspecified atom stereocenters. The average molecular weight is 334 g/mol. The van der Waals surface area contributed by atoms with Gasteiger partial charge in [-0.25, -0.2) is 8.42 Å². The summed E-state index contributed by atoms with van der Waals surface area (Å²) in [5.41, 5.74) is 6.89. The third-order valence-corrected chi connectivity index (χ3v) is 4.00. The summed E-state index contributed by atoms with van der Waals surface area (Å²) < 4.78 is 24.7. The van der Waals surface area contributed by atoms with Crippen molar-refractivity contribution < 1.29 is 18.0 Å². The van der Waals surface area contributed by atoms with E-state index in [9.17, 15) is 13.2 Å². The van der Waals surface area contributed by atoms with Gasteiger partial charge < -0.3 is 5.73 Å². The minimum absolute atomic E-state index is 0.0976. The zero-order chi connectivity index (χ0) is 16.9. The average Bonchev–Trinajstić information content (AvgIpc) is 2.54. The highest BCUT2D eigenvalue weighted by Gasteiger charge is 2.19. The van der Waals surface area contributed by atoms with Crippen molar-refractivity contribution in [1.82, 2.24) is 0 Å². The van der Waals surface area contributed by atoms with Gasteiger partial charge in [0.2, 0.25) is 0 Å². The maximum absolute atomic E-state index is 11.9. The molecule has 6 nitrogen and oxygen atoms in total. The fourth-order valence-corrected chi connectivity index (χ4v) is 2.70. The molecule has 0 aliphatic rings. The fraction of sp³-hybridized carbons (Fsp3) is 0.188. The quantitative estimate of drug-likeness (QED) is 0.615. The Kier molecular flexibility index (Phi) is 5.49. The molecule has 0 fully saturated rings.